The summed E-state index contributed by atoms with van der Waals surface area (Å²) in [6.07, 6.45) is -37.3. The second-order valence-electron chi connectivity index (χ2n) is 6.74. The Balaban J connectivity index is 3.59. The average molecular weight is 488 g/mol. The first-order chi connectivity index (χ1) is 13.4. The molecule has 0 atom stereocenters. The maximum Gasteiger partial charge on any atom is 0.412 e. The number of hydrogen-bond donors (Lipinski definition) is 0. The third-order valence-corrected chi connectivity index (χ3v) is 4.35. The number of halogens is 15. The Morgan fingerprint density at radius 3 is 1.26 bits per heavy atom. The molecule has 0 unspecified atom stereocenters. The van der Waals surface area contributed by atoms with E-state index in [9.17, 15) is 65.9 Å². The van der Waals surface area contributed by atoms with Crippen LogP contribution in [-0.2, 0) is 12.8 Å². The van der Waals surface area contributed by atoms with E-state index in [2.05, 4.69) is 0 Å². The highest BCUT2D eigenvalue weighted by molar-refractivity contribution is 5.32. The second kappa shape index (κ2) is 7.94. The van der Waals surface area contributed by atoms with Crippen LogP contribution in [0.4, 0.5) is 65.9 Å². The molecule has 0 amide bonds. The first kappa shape index (κ1) is 27.2. The van der Waals surface area contributed by atoms with E-state index in [1.807, 2.05) is 0 Å². The predicted octanol–water partition coefficient (Wildman–Crippen LogP) is 7.49. The van der Waals surface area contributed by atoms with Gasteiger partial charge < -0.3 is 0 Å². The summed E-state index contributed by atoms with van der Waals surface area (Å²) in [5.41, 5.74) is -9.14. The van der Waals surface area contributed by atoms with Crippen LogP contribution in [0.25, 0.3) is 0 Å². The fraction of sp³-hybridized carbons (Fsp3) is 0.625. The smallest absolute Gasteiger partial charge is 0.170 e. The normalized spacial score (nSPS) is 15.0. The molecule has 0 saturated carbocycles. The van der Waals surface area contributed by atoms with Crippen LogP contribution in [-0.4, -0.2) is 30.9 Å². The molecule has 0 bridgehead atoms. The van der Waals surface area contributed by atoms with Crippen LogP contribution < -0.4 is 0 Å². The molecule has 1 rings (SSSR count). The molecular formula is C16H11F15. The van der Waals surface area contributed by atoms with Crippen LogP contribution >= 0.6 is 0 Å². The molecule has 0 radical (unpaired) electrons. The number of rotatable bonds is 4. The molecule has 31 heavy (non-hydrogen) atoms. The molecule has 0 N–H and O–H groups in total. The molecule has 0 fully saturated rings. The zero-order chi connectivity index (χ0) is 24.8. The Morgan fingerprint density at radius 2 is 0.935 bits per heavy atom. The molecule has 0 spiro atoms. The summed E-state index contributed by atoms with van der Waals surface area (Å²) in [7, 11) is 0. The molecule has 1 aromatic rings. The maximum atomic E-state index is 13.0. The third kappa shape index (κ3) is 5.70. The van der Waals surface area contributed by atoms with Gasteiger partial charge in [-0.25, -0.2) is 0 Å². The van der Waals surface area contributed by atoms with E-state index in [1.54, 1.807) is 0 Å². The third-order valence-electron chi connectivity index (χ3n) is 4.35. The highest BCUT2D eigenvalue weighted by Crippen LogP contribution is 2.61. The first-order valence-electron chi connectivity index (χ1n) is 7.86. The number of benzene rings is 1. The van der Waals surface area contributed by atoms with Gasteiger partial charge in [0.2, 0.25) is 0 Å². The van der Waals surface area contributed by atoms with E-state index in [-0.39, 0.29) is 6.07 Å². The summed E-state index contributed by atoms with van der Waals surface area (Å²) < 4.78 is 193. The molecule has 0 saturated heterocycles. The molecule has 0 aliphatic rings. The molecule has 180 valence electrons. The van der Waals surface area contributed by atoms with Crippen LogP contribution in [0.2, 0.25) is 0 Å². The number of aryl methyl sites for hydroxylation is 1. The second-order valence-corrected chi connectivity index (χ2v) is 6.74. The van der Waals surface area contributed by atoms with Crippen molar-refractivity contribution in [2.75, 3.05) is 0 Å². The van der Waals surface area contributed by atoms with Crippen LogP contribution in [0.1, 0.15) is 16.7 Å². The zero-order valence-electron chi connectivity index (χ0n) is 14.9. The molecular weight excluding hydrogens is 477 g/mol. The van der Waals surface area contributed by atoms with Crippen molar-refractivity contribution in [3.8, 4) is 0 Å². The van der Waals surface area contributed by atoms with Crippen LogP contribution in [0.15, 0.2) is 18.2 Å². The van der Waals surface area contributed by atoms with Crippen LogP contribution in [0.5, 0.6) is 0 Å². The minimum atomic E-state index is -6.92. The summed E-state index contributed by atoms with van der Waals surface area (Å²) in [5, 5.41) is 0. The van der Waals surface area contributed by atoms with Gasteiger partial charge >= 0.3 is 30.9 Å². The van der Waals surface area contributed by atoms with Gasteiger partial charge in [-0.05, 0) is 24.5 Å². The van der Waals surface area contributed by atoms with Gasteiger partial charge in [0.05, 0.1) is 0 Å². The minimum absolute atomic E-state index is 0.0372. The Labute approximate surface area is 164 Å². The van der Waals surface area contributed by atoms with Crippen molar-refractivity contribution in [1.29, 1.82) is 0 Å². The molecule has 0 nitrogen and oxygen atoms in total. The Hall–Kier alpha value is -1.83. The molecule has 0 aromatic heterocycles. The first-order valence-corrected chi connectivity index (χ1v) is 7.86. The monoisotopic (exact) mass is 488 g/mol. The van der Waals surface area contributed by atoms with Crippen molar-refractivity contribution in [3.05, 3.63) is 34.9 Å². The molecule has 15 heteroatoms. The molecule has 0 aliphatic heterocycles. The van der Waals surface area contributed by atoms with E-state index < -0.39 is 71.7 Å². The largest absolute Gasteiger partial charge is 0.412 e. The highest BCUT2D eigenvalue weighted by Gasteiger charge is 2.83. The maximum absolute atomic E-state index is 13.0. The van der Waals surface area contributed by atoms with E-state index in [0.29, 0.717) is 12.1 Å². The topological polar surface area (TPSA) is 0 Å². The summed E-state index contributed by atoms with van der Waals surface area (Å²) in [5.74, 6) is -4.03. The van der Waals surface area contributed by atoms with Crippen molar-refractivity contribution in [1.82, 2.24) is 0 Å². The Kier molecular flexibility index (Phi) is 6.97. The Bertz CT molecular complexity index is 708. The van der Waals surface area contributed by atoms with Gasteiger partial charge in [-0.3, -0.25) is 0 Å². The lowest BCUT2D eigenvalue weighted by Crippen LogP contribution is -2.60. The fourth-order valence-electron chi connectivity index (χ4n) is 2.91. The lowest BCUT2D eigenvalue weighted by molar-refractivity contribution is -0.426. The fourth-order valence-corrected chi connectivity index (χ4v) is 2.91. The van der Waals surface area contributed by atoms with Gasteiger partial charge in [-0.1, -0.05) is 23.8 Å². The molecule has 0 heterocycles. The van der Waals surface area contributed by atoms with Crippen molar-refractivity contribution < 1.29 is 65.9 Å². The van der Waals surface area contributed by atoms with E-state index in [0.717, 1.165) is 6.92 Å². The summed E-state index contributed by atoms with van der Waals surface area (Å²) in [4.78, 5) is 0. The van der Waals surface area contributed by atoms with Crippen molar-refractivity contribution in [2.45, 2.75) is 50.6 Å². The Morgan fingerprint density at radius 1 is 0.581 bits per heavy atom. The van der Waals surface area contributed by atoms with Crippen molar-refractivity contribution in [2.24, 2.45) is 11.3 Å². The van der Waals surface area contributed by atoms with Gasteiger partial charge in [0.15, 0.2) is 5.92 Å². The van der Waals surface area contributed by atoms with E-state index >= 15 is 0 Å². The average Bonchev–Trinajstić information content (AvgIpc) is 2.43. The van der Waals surface area contributed by atoms with Crippen LogP contribution in [0.3, 0.4) is 0 Å². The lowest BCUT2D eigenvalue weighted by Gasteiger charge is -2.38. The quantitative estimate of drug-likeness (QED) is 0.386. The van der Waals surface area contributed by atoms with E-state index in [1.165, 1.54) is 0 Å². The van der Waals surface area contributed by atoms with Crippen molar-refractivity contribution in [3.63, 3.8) is 0 Å². The number of hydrogen-bond acceptors (Lipinski definition) is 0. The number of alkyl halides is 15. The van der Waals surface area contributed by atoms with Gasteiger partial charge in [0, 0.05) is 6.42 Å². The highest BCUT2D eigenvalue weighted by atomic mass is 19.4. The zero-order valence-corrected chi connectivity index (χ0v) is 14.9. The van der Waals surface area contributed by atoms with Crippen LogP contribution in [0, 0.1) is 18.3 Å². The van der Waals surface area contributed by atoms with Gasteiger partial charge in [-0.15, -0.1) is 0 Å². The van der Waals surface area contributed by atoms with E-state index in [4.69, 9.17) is 0 Å². The standard InChI is InChI=1S/C16H11F15/c1-7-2-8(5-10(12(17,18)19)13(20,21)22)4-9(3-7)6-11(14(23,24)25,15(26,27)28)16(29,30)31/h2-4,10H,5-6H2,1H3. The van der Waals surface area contributed by atoms with Gasteiger partial charge in [-0.2, -0.15) is 65.9 Å². The predicted molar refractivity (Wildman–Crippen MR) is 74.8 cm³/mol. The van der Waals surface area contributed by atoms with Crippen molar-refractivity contribution >= 4 is 0 Å². The SMILES string of the molecule is Cc1cc(CC(C(F)(F)F)C(F)(F)F)cc(CC(C(F)(F)F)(C(F)(F)F)C(F)(F)F)c1. The summed E-state index contributed by atoms with van der Waals surface area (Å²) >= 11 is 0. The van der Waals surface area contributed by atoms with Gasteiger partial charge in [0.25, 0.3) is 5.41 Å². The molecule has 1 aromatic carbocycles. The molecule has 0 aliphatic carbocycles. The minimum Gasteiger partial charge on any atom is -0.170 e. The summed E-state index contributed by atoms with van der Waals surface area (Å²) in [6.45, 7) is 0.875. The van der Waals surface area contributed by atoms with Gasteiger partial charge in [0.1, 0.15) is 0 Å². The lowest BCUT2D eigenvalue weighted by atomic mass is 9.78. The summed E-state index contributed by atoms with van der Waals surface area (Å²) in [6, 6.07) is 1.01.